The minimum Gasteiger partial charge on any atom is -0.494 e. The number of fused-ring (bicyclic) bond motifs is 3. The smallest absolute Gasteiger partial charge is 0.159 e. The summed E-state index contributed by atoms with van der Waals surface area (Å²) >= 11 is 0. The van der Waals surface area contributed by atoms with Gasteiger partial charge in [-0.25, -0.2) is 0 Å². The SMILES string of the molecule is CCCCCCCCCCOc1ccc(C=Nc2ccc3c(c2)Cc2cc(C(C)=O)ccc2-3)cc1. The highest BCUT2D eigenvalue weighted by molar-refractivity contribution is 5.95. The van der Waals surface area contributed by atoms with Gasteiger partial charge in [-0.3, -0.25) is 9.79 Å². The van der Waals surface area contributed by atoms with Crippen molar-refractivity contribution in [2.45, 2.75) is 71.6 Å². The fourth-order valence-electron chi connectivity index (χ4n) is 4.72. The Morgan fingerprint density at radius 1 is 0.829 bits per heavy atom. The van der Waals surface area contributed by atoms with Crippen LogP contribution in [0, 0.1) is 0 Å². The molecule has 0 bridgehead atoms. The third-order valence-corrected chi connectivity index (χ3v) is 6.78. The number of unbranched alkanes of at least 4 members (excludes halogenated alkanes) is 7. The molecule has 0 aromatic heterocycles. The zero-order chi connectivity index (χ0) is 24.5. The van der Waals surface area contributed by atoms with Crippen LogP contribution in [0.15, 0.2) is 65.7 Å². The minimum absolute atomic E-state index is 0.110. The van der Waals surface area contributed by atoms with E-state index in [2.05, 4.69) is 43.3 Å². The van der Waals surface area contributed by atoms with E-state index >= 15 is 0 Å². The molecule has 0 atom stereocenters. The van der Waals surface area contributed by atoms with E-state index in [1.54, 1.807) is 6.92 Å². The Morgan fingerprint density at radius 3 is 2.20 bits per heavy atom. The summed E-state index contributed by atoms with van der Waals surface area (Å²) in [5.74, 6) is 1.03. The summed E-state index contributed by atoms with van der Waals surface area (Å²) in [5, 5.41) is 0. The zero-order valence-corrected chi connectivity index (χ0v) is 21.2. The first-order valence-corrected chi connectivity index (χ1v) is 13.2. The van der Waals surface area contributed by atoms with Gasteiger partial charge in [-0.1, -0.05) is 70.1 Å². The van der Waals surface area contributed by atoms with Crippen LogP contribution in [-0.4, -0.2) is 18.6 Å². The molecule has 0 amide bonds. The first kappa shape index (κ1) is 24.9. The van der Waals surface area contributed by atoms with E-state index in [9.17, 15) is 4.79 Å². The summed E-state index contributed by atoms with van der Waals surface area (Å²) < 4.78 is 5.91. The van der Waals surface area contributed by atoms with Crippen LogP contribution in [0.2, 0.25) is 0 Å². The molecule has 0 spiro atoms. The van der Waals surface area contributed by atoms with Crippen molar-refractivity contribution < 1.29 is 9.53 Å². The highest BCUT2D eigenvalue weighted by atomic mass is 16.5. The Morgan fingerprint density at radius 2 is 1.49 bits per heavy atom. The number of rotatable bonds is 13. The fraction of sp³-hybridized carbons (Fsp3) is 0.375. The van der Waals surface area contributed by atoms with Crippen molar-refractivity contribution in [2.75, 3.05) is 6.61 Å². The predicted molar refractivity (Wildman–Crippen MR) is 146 cm³/mol. The summed E-state index contributed by atoms with van der Waals surface area (Å²) in [6, 6.07) is 20.5. The molecule has 0 heterocycles. The number of nitrogens with zero attached hydrogens (tertiary/aromatic N) is 1. The van der Waals surface area contributed by atoms with Gasteiger partial charge < -0.3 is 4.74 Å². The Kier molecular flexibility index (Phi) is 8.89. The van der Waals surface area contributed by atoms with Gasteiger partial charge in [0, 0.05) is 11.8 Å². The van der Waals surface area contributed by atoms with E-state index in [1.165, 1.54) is 67.2 Å². The Bertz CT molecular complexity index is 1160. The molecule has 35 heavy (non-hydrogen) atoms. The molecule has 4 rings (SSSR count). The van der Waals surface area contributed by atoms with Crippen LogP contribution in [0.3, 0.4) is 0 Å². The zero-order valence-electron chi connectivity index (χ0n) is 21.2. The van der Waals surface area contributed by atoms with E-state index in [0.717, 1.165) is 42.0 Å². The highest BCUT2D eigenvalue weighted by Crippen LogP contribution is 2.38. The molecule has 0 unspecified atom stereocenters. The molecule has 0 radical (unpaired) electrons. The summed E-state index contributed by atoms with van der Waals surface area (Å²) in [6.07, 6.45) is 13.2. The van der Waals surface area contributed by atoms with Gasteiger partial charge in [-0.05, 0) is 90.0 Å². The Labute approximate surface area is 210 Å². The molecular formula is C32H37NO2. The lowest BCUT2D eigenvalue weighted by Crippen LogP contribution is -1.97. The highest BCUT2D eigenvalue weighted by Gasteiger charge is 2.19. The topological polar surface area (TPSA) is 38.7 Å². The molecule has 0 saturated heterocycles. The van der Waals surface area contributed by atoms with E-state index < -0.39 is 0 Å². The standard InChI is InChI=1S/C32H37NO2/c1-3-4-5-6-7-8-9-10-19-35-30-15-11-25(12-16-30)23-33-29-14-18-32-28(22-29)21-27-20-26(24(2)34)13-17-31(27)32/h11-18,20,22-23H,3-10,19,21H2,1-2H3. The largest absolute Gasteiger partial charge is 0.494 e. The van der Waals surface area contributed by atoms with Crippen molar-refractivity contribution >= 4 is 17.7 Å². The number of carbonyl (C=O) groups is 1. The number of Topliss-reactive ketones (excluding diaryl/α,β-unsaturated/α-hetero) is 1. The number of aliphatic imine (C=N–C) groups is 1. The first-order valence-electron chi connectivity index (χ1n) is 13.2. The lowest BCUT2D eigenvalue weighted by molar-refractivity contribution is 0.101. The lowest BCUT2D eigenvalue weighted by atomic mass is 10.0. The van der Waals surface area contributed by atoms with Crippen LogP contribution >= 0.6 is 0 Å². The molecule has 0 N–H and O–H groups in total. The Balaban J connectivity index is 1.24. The van der Waals surface area contributed by atoms with Crippen molar-refractivity contribution in [3.05, 3.63) is 82.9 Å². The van der Waals surface area contributed by atoms with Crippen LogP contribution < -0.4 is 4.74 Å². The molecular weight excluding hydrogens is 430 g/mol. The molecule has 3 nitrogen and oxygen atoms in total. The van der Waals surface area contributed by atoms with Crippen LogP contribution in [0.1, 0.15) is 92.3 Å². The van der Waals surface area contributed by atoms with Gasteiger partial charge in [0.25, 0.3) is 0 Å². The van der Waals surface area contributed by atoms with E-state index in [1.807, 2.05) is 30.5 Å². The lowest BCUT2D eigenvalue weighted by Gasteiger charge is -2.06. The van der Waals surface area contributed by atoms with E-state index in [0.29, 0.717) is 0 Å². The third kappa shape index (κ3) is 6.91. The van der Waals surface area contributed by atoms with Crippen molar-refractivity contribution in [1.29, 1.82) is 0 Å². The number of ketones is 1. The number of hydrogen-bond acceptors (Lipinski definition) is 3. The molecule has 182 valence electrons. The number of hydrogen-bond donors (Lipinski definition) is 0. The molecule has 3 aromatic carbocycles. The van der Waals surface area contributed by atoms with Crippen LogP contribution in [0.4, 0.5) is 5.69 Å². The van der Waals surface area contributed by atoms with Crippen LogP contribution in [0.5, 0.6) is 5.75 Å². The normalized spacial score (nSPS) is 12.1. The van der Waals surface area contributed by atoms with Gasteiger partial charge in [0.15, 0.2) is 5.78 Å². The fourth-order valence-corrected chi connectivity index (χ4v) is 4.72. The maximum Gasteiger partial charge on any atom is 0.159 e. The second-order valence-electron chi connectivity index (χ2n) is 9.60. The van der Waals surface area contributed by atoms with Crippen molar-refractivity contribution in [2.24, 2.45) is 4.99 Å². The van der Waals surface area contributed by atoms with E-state index in [-0.39, 0.29) is 5.78 Å². The third-order valence-electron chi connectivity index (χ3n) is 6.78. The van der Waals surface area contributed by atoms with Gasteiger partial charge in [-0.2, -0.15) is 0 Å². The predicted octanol–water partition coefficient (Wildman–Crippen LogP) is 8.73. The van der Waals surface area contributed by atoms with Gasteiger partial charge in [-0.15, -0.1) is 0 Å². The maximum atomic E-state index is 11.7. The summed E-state index contributed by atoms with van der Waals surface area (Å²) in [4.78, 5) is 16.4. The number of benzene rings is 3. The molecule has 1 aliphatic rings. The molecule has 1 aliphatic carbocycles. The van der Waals surface area contributed by atoms with Crippen LogP contribution in [0.25, 0.3) is 11.1 Å². The van der Waals surface area contributed by atoms with Gasteiger partial charge >= 0.3 is 0 Å². The minimum atomic E-state index is 0.110. The monoisotopic (exact) mass is 467 g/mol. The average molecular weight is 468 g/mol. The average Bonchev–Trinajstić information content (AvgIpc) is 3.24. The maximum absolute atomic E-state index is 11.7. The summed E-state index contributed by atoms with van der Waals surface area (Å²) in [7, 11) is 0. The number of carbonyl (C=O) groups excluding carboxylic acids is 1. The quantitative estimate of drug-likeness (QED) is 0.112. The second-order valence-corrected chi connectivity index (χ2v) is 9.60. The van der Waals surface area contributed by atoms with Gasteiger partial charge in [0.2, 0.25) is 0 Å². The van der Waals surface area contributed by atoms with Crippen molar-refractivity contribution in [3.63, 3.8) is 0 Å². The molecule has 3 aromatic rings. The van der Waals surface area contributed by atoms with Gasteiger partial charge in [0.1, 0.15) is 5.75 Å². The van der Waals surface area contributed by atoms with Crippen molar-refractivity contribution in [3.8, 4) is 16.9 Å². The molecule has 0 fully saturated rings. The number of ether oxygens (including phenoxy) is 1. The Hall–Kier alpha value is -3.20. The second kappa shape index (κ2) is 12.5. The molecule has 0 saturated carbocycles. The summed E-state index contributed by atoms with van der Waals surface area (Å²) in [6.45, 7) is 4.66. The van der Waals surface area contributed by atoms with E-state index in [4.69, 9.17) is 9.73 Å². The molecule has 0 aliphatic heterocycles. The van der Waals surface area contributed by atoms with Crippen LogP contribution in [-0.2, 0) is 6.42 Å². The molecule has 3 heteroatoms. The first-order chi connectivity index (χ1) is 17.1. The summed E-state index contributed by atoms with van der Waals surface area (Å²) in [5.41, 5.74) is 7.73. The van der Waals surface area contributed by atoms with Gasteiger partial charge in [0.05, 0.1) is 12.3 Å². The van der Waals surface area contributed by atoms with Crippen molar-refractivity contribution in [1.82, 2.24) is 0 Å².